The van der Waals surface area contributed by atoms with Crippen LogP contribution in [-0.4, -0.2) is 43.8 Å². The topological polar surface area (TPSA) is 38.5 Å². The molecule has 0 amide bonds. The Kier molecular flexibility index (Phi) is 6.78. The first-order valence-corrected chi connectivity index (χ1v) is 6.81. The lowest BCUT2D eigenvalue weighted by molar-refractivity contribution is 0.144. The fourth-order valence-corrected chi connectivity index (χ4v) is 2.58. The van der Waals surface area contributed by atoms with E-state index in [0.29, 0.717) is 0 Å². The van der Waals surface area contributed by atoms with Crippen LogP contribution in [0.5, 0.6) is 0 Å². The normalized spacial score (nSPS) is 19.5. The van der Waals surface area contributed by atoms with Gasteiger partial charge in [-0.05, 0) is 19.3 Å². The molecule has 1 aliphatic rings. The van der Waals surface area contributed by atoms with Crippen LogP contribution in [0.2, 0.25) is 0 Å². The van der Waals surface area contributed by atoms with E-state index in [1.54, 1.807) is 7.11 Å². The molecule has 2 N–H and O–H groups in total. The maximum Gasteiger partial charge on any atom is 0.0589 e. The molecule has 17 heavy (non-hydrogen) atoms. The molecule has 0 atom stereocenters. The smallest absolute Gasteiger partial charge is 0.0589 e. The van der Waals surface area contributed by atoms with Gasteiger partial charge in [0.25, 0.3) is 0 Å². The van der Waals surface area contributed by atoms with Crippen molar-refractivity contribution in [2.45, 2.75) is 44.1 Å². The third-order valence-electron chi connectivity index (χ3n) is 3.77. The minimum absolute atomic E-state index is 0.0880. The molecule has 0 radical (unpaired) electrons. The minimum Gasteiger partial charge on any atom is -0.383 e. The Hall–Kier alpha value is -0.380. The van der Waals surface area contributed by atoms with E-state index in [2.05, 4.69) is 11.5 Å². The molecule has 0 bridgehead atoms. The monoisotopic (exact) mass is 240 g/mol. The highest BCUT2D eigenvalue weighted by atomic mass is 16.5. The number of rotatable bonds is 8. The molecule has 0 saturated heterocycles. The van der Waals surface area contributed by atoms with Gasteiger partial charge < -0.3 is 10.5 Å². The summed E-state index contributed by atoms with van der Waals surface area (Å²) >= 11 is 0. The molecule has 0 aromatic carbocycles. The van der Waals surface area contributed by atoms with Gasteiger partial charge in [0.15, 0.2) is 0 Å². The number of methoxy groups -OCH3 is 1. The average molecular weight is 240 g/mol. The van der Waals surface area contributed by atoms with Crippen molar-refractivity contribution in [3.05, 3.63) is 12.7 Å². The summed E-state index contributed by atoms with van der Waals surface area (Å²) < 4.78 is 5.13. The van der Waals surface area contributed by atoms with Crippen molar-refractivity contribution in [2.75, 3.05) is 33.4 Å². The fraction of sp³-hybridized carbons (Fsp3) is 0.857. The second kappa shape index (κ2) is 7.85. The van der Waals surface area contributed by atoms with Crippen LogP contribution < -0.4 is 5.73 Å². The van der Waals surface area contributed by atoms with Crippen LogP contribution in [0.1, 0.15) is 38.5 Å². The van der Waals surface area contributed by atoms with Gasteiger partial charge >= 0.3 is 0 Å². The fourth-order valence-electron chi connectivity index (χ4n) is 2.58. The zero-order valence-corrected chi connectivity index (χ0v) is 11.3. The van der Waals surface area contributed by atoms with Gasteiger partial charge in [-0.2, -0.15) is 0 Å². The number of ether oxygens (including phenoxy) is 1. The Morgan fingerprint density at radius 3 is 2.59 bits per heavy atom. The Balaban J connectivity index is 2.30. The van der Waals surface area contributed by atoms with E-state index < -0.39 is 0 Å². The maximum atomic E-state index is 6.45. The Morgan fingerprint density at radius 1 is 1.29 bits per heavy atom. The van der Waals surface area contributed by atoms with Gasteiger partial charge in [0.05, 0.1) is 6.61 Å². The molecule has 0 heterocycles. The van der Waals surface area contributed by atoms with Gasteiger partial charge in [-0.25, -0.2) is 0 Å². The van der Waals surface area contributed by atoms with Crippen LogP contribution in [0.15, 0.2) is 12.7 Å². The summed E-state index contributed by atoms with van der Waals surface area (Å²) in [5.41, 5.74) is 6.54. The van der Waals surface area contributed by atoms with Crippen molar-refractivity contribution >= 4 is 0 Å². The van der Waals surface area contributed by atoms with E-state index >= 15 is 0 Å². The molecule has 1 aliphatic carbocycles. The van der Waals surface area contributed by atoms with Crippen LogP contribution in [-0.2, 0) is 4.74 Å². The van der Waals surface area contributed by atoms with Gasteiger partial charge in [-0.15, -0.1) is 6.58 Å². The Morgan fingerprint density at radius 2 is 2.00 bits per heavy atom. The van der Waals surface area contributed by atoms with Gasteiger partial charge in [-0.1, -0.05) is 25.3 Å². The van der Waals surface area contributed by atoms with Crippen molar-refractivity contribution in [1.29, 1.82) is 0 Å². The second-order valence-corrected chi connectivity index (χ2v) is 5.26. The molecule has 0 aromatic heterocycles. The molecule has 0 aliphatic heterocycles. The lowest BCUT2D eigenvalue weighted by Crippen LogP contribution is -2.45. The Labute approximate surface area is 106 Å². The zero-order chi connectivity index (χ0) is 12.6. The summed E-state index contributed by atoms with van der Waals surface area (Å²) in [5.74, 6) is 0. The van der Waals surface area contributed by atoms with Gasteiger partial charge in [-0.3, -0.25) is 4.90 Å². The molecule has 1 rings (SSSR count). The van der Waals surface area contributed by atoms with E-state index in [4.69, 9.17) is 10.5 Å². The highest BCUT2D eigenvalue weighted by Crippen LogP contribution is 2.28. The van der Waals surface area contributed by atoms with Crippen LogP contribution in [0.25, 0.3) is 0 Å². The van der Waals surface area contributed by atoms with Crippen molar-refractivity contribution in [3.8, 4) is 0 Å². The van der Waals surface area contributed by atoms with Crippen LogP contribution in [0, 0.1) is 0 Å². The SMILES string of the molecule is C=CCN(CCOC)CCC1(N)CCCCC1. The predicted octanol–water partition coefficient (Wildman–Crippen LogP) is 2.17. The summed E-state index contributed by atoms with van der Waals surface area (Å²) in [5, 5.41) is 0. The number of hydrogen-bond donors (Lipinski definition) is 1. The molecule has 0 spiro atoms. The summed E-state index contributed by atoms with van der Waals surface area (Å²) in [6, 6.07) is 0. The molecular formula is C14H28N2O. The largest absolute Gasteiger partial charge is 0.383 e. The van der Waals surface area contributed by atoms with Gasteiger partial charge in [0, 0.05) is 32.3 Å². The summed E-state index contributed by atoms with van der Waals surface area (Å²) in [6.07, 6.45) is 9.41. The van der Waals surface area contributed by atoms with Crippen molar-refractivity contribution in [3.63, 3.8) is 0 Å². The molecule has 100 valence electrons. The third-order valence-corrected chi connectivity index (χ3v) is 3.77. The maximum absolute atomic E-state index is 6.45. The summed E-state index contributed by atoms with van der Waals surface area (Å²) in [6.45, 7) is 7.55. The predicted molar refractivity (Wildman–Crippen MR) is 73.1 cm³/mol. The molecular weight excluding hydrogens is 212 g/mol. The standard InChI is InChI=1S/C14H28N2O/c1-3-10-16(12-13-17-2)11-9-14(15)7-5-4-6-8-14/h3H,1,4-13,15H2,2H3. The highest BCUT2D eigenvalue weighted by Gasteiger charge is 2.27. The first-order valence-electron chi connectivity index (χ1n) is 6.81. The van der Waals surface area contributed by atoms with E-state index in [-0.39, 0.29) is 5.54 Å². The summed E-state index contributed by atoms with van der Waals surface area (Å²) in [7, 11) is 1.75. The number of nitrogens with zero attached hydrogens (tertiary/aromatic N) is 1. The average Bonchev–Trinajstić information content (AvgIpc) is 2.34. The van der Waals surface area contributed by atoms with Crippen LogP contribution in [0.4, 0.5) is 0 Å². The van der Waals surface area contributed by atoms with E-state index in [1.807, 2.05) is 6.08 Å². The van der Waals surface area contributed by atoms with E-state index in [1.165, 1.54) is 32.1 Å². The summed E-state index contributed by atoms with van der Waals surface area (Å²) in [4.78, 5) is 2.37. The third kappa shape index (κ3) is 5.66. The number of hydrogen-bond acceptors (Lipinski definition) is 3. The molecule has 0 aromatic rings. The van der Waals surface area contributed by atoms with Gasteiger partial charge in [0.1, 0.15) is 0 Å². The number of nitrogens with two attached hydrogens (primary N) is 1. The highest BCUT2D eigenvalue weighted by molar-refractivity contribution is 4.88. The van der Waals surface area contributed by atoms with Crippen LogP contribution in [0.3, 0.4) is 0 Å². The molecule has 3 heteroatoms. The lowest BCUT2D eigenvalue weighted by atomic mass is 9.80. The Bertz CT molecular complexity index is 212. The van der Waals surface area contributed by atoms with Crippen molar-refractivity contribution in [2.24, 2.45) is 5.73 Å². The molecule has 0 unspecified atom stereocenters. The van der Waals surface area contributed by atoms with E-state index in [9.17, 15) is 0 Å². The molecule has 1 fully saturated rings. The van der Waals surface area contributed by atoms with Crippen LogP contribution >= 0.6 is 0 Å². The lowest BCUT2D eigenvalue weighted by Gasteiger charge is -2.35. The van der Waals surface area contributed by atoms with Crippen molar-refractivity contribution in [1.82, 2.24) is 4.90 Å². The van der Waals surface area contributed by atoms with E-state index in [0.717, 1.165) is 32.7 Å². The van der Waals surface area contributed by atoms with Gasteiger partial charge in [0.2, 0.25) is 0 Å². The minimum atomic E-state index is 0.0880. The zero-order valence-electron chi connectivity index (χ0n) is 11.3. The second-order valence-electron chi connectivity index (χ2n) is 5.26. The molecule has 1 saturated carbocycles. The first-order chi connectivity index (χ1) is 8.20. The first kappa shape index (κ1) is 14.7. The van der Waals surface area contributed by atoms with Crippen molar-refractivity contribution < 1.29 is 4.74 Å². The molecule has 3 nitrogen and oxygen atoms in total. The quantitative estimate of drug-likeness (QED) is 0.661.